The van der Waals surface area contributed by atoms with Crippen LogP contribution in [0.4, 0.5) is 0 Å². The Morgan fingerprint density at radius 1 is 0.674 bits per heavy atom. The smallest absolute Gasteiger partial charge is 0.220 e. The molecule has 0 spiro atoms. The zero-order valence-corrected chi connectivity index (χ0v) is 25.8. The van der Waals surface area contributed by atoms with Gasteiger partial charge in [0.2, 0.25) is 5.91 Å². The molecule has 0 aliphatic heterocycles. The molecule has 0 bridgehead atoms. The number of allylic oxidation sites excluding steroid dienone is 8. The predicted molar refractivity (Wildman–Crippen MR) is 177 cm³/mol. The first-order chi connectivity index (χ1) is 20.9. The van der Waals surface area contributed by atoms with E-state index >= 15 is 0 Å². The highest BCUT2D eigenvalue weighted by Gasteiger charge is 2.03. The number of nitrogens with two attached hydrogens (primary N) is 1. The molecule has 0 saturated heterocycles. The summed E-state index contributed by atoms with van der Waals surface area (Å²) < 4.78 is 0. The lowest BCUT2D eigenvalue weighted by molar-refractivity contribution is -0.121. The first-order valence-electron chi connectivity index (χ1n) is 15.5. The van der Waals surface area contributed by atoms with Crippen LogP contribution in [0.1, 0.15) is 82.3 Å². The molecule has 0 fully saturated rings. The largest absolute Gasteiger partial charge is 0.504 e. The number of unbranched alkanes of at least 4 members (excludes halogenated alkanes) is 4. The number of hydrogen-bond acceptors (Lipinski definition) is 6. The van der Waals surface area contributed by atoms with Gasteiger partial charge in [-0.15, -0.1) is 0 Å². The van der Waals surface area contributed by atoms with Crippen molar-refractivity contribution < 1.29 is 25.2 Å². The second-order valence-electron chi connectivity index (χ2n) is 10.3. The minimum atomic E-state index is -0.132. The van der Waals surface area contributed by atoms with Crippen LogP contribution in [0.15, 0.2) is 85.0 Å². The molecule has 2 rings (SSSR count). The summed E-state index contributed by atoms with van der Waals surface area (Å²) in [6, 6.07) is 9.43. The van der Waals surface area contributed by atoms with Crippen LogP contribution in [-0.2, 0) is 17.6 Å². The van der Waals surface area contributed by atoms with Gasteiger partial charge in [0.1, 0.15) is 0 Å². The molecule has 2 aromatic carbocycles. The first kappa shape index (κ1) is 37.1. The molecule has 1 amide bonds. The summed E-state index contributed by atoms with van der Waals surface area (Å²) in [6.07, 6.45) is 29.2. The van der Waals surface area contributed by atoms with Crippen LogP contribution in [0.25, 0.3) is 0 Å². The maximum Gasteiger partial charge on any atom is 0.220 e. The van der Waals surface area contributed by atoms with Gasteiger partial charge in [-0.05, 0) is 99.7 Å². The summed E-state index contributed by atoms with van der Waals surface area (Å²) >= 11 is 0. The minimum Gasteiger partial charge on any atom is -0.504 e. The highest BCUT2D eigenvalue weighted by atomic mass is 16.3. The number of hydrogen-bond donors (Lipinski definition) is 6. The van der Waals surface area contributed by atoms with Gasteiger partial charge in [0.15, 0.2) is 23.0 Å². The average molecular weight is 593 g/mol. The highest BCUT2D eigenvalue weighted by Crippen LogP contribution is 2.25. The van der Waals surface area contributed by atoms with E-state index in [-0.39, 0.29) is 28.9 Å². The summed E-state index contributed by atoms with van der Waals surface area (Å²) in [5.41, 5.74) is 7.11. The number of benzene rings is 2. The number of rotatable bonds is 19. The fourth-order valence-electron chi connectivity index (χ4n) is 3.99. The van der Waals surface area contributed by atoms with E-state index in [2.05, 4.69) is 60.8 Å². The number of phenolic OH excluding ortho intramolecular Hbond substituents is 4. The molecule has 0 radical (unpaired) electrons. The van der Waals surface area contributed by atoms with Gasteiger partial charge in [0, 0.05) is 13.0 Å². The lowest BCUT2D eigenvalue weighted by Crippen LogP contribution is -2.25. The van der Waals surface area contributed by atoms with Gasteiger partial charge >= 0.3 is 0 Å². The SMILES string of the molecule is CCCCC/C=C\C/C=C\C/C=C\C/C=C\CCCC(=O)NCCc1ccc(O)c(O)c1.NCCc1ccc(O)c(O)c1. The van der Waals surface area contributed by atoms with Gasteiger partial charge in [-0.2, -0.15) is 0 Å². The summed E-state index contributed by atoms with van der Waals surface area (Å²) in [5.74, 6) is -0.395. The topological polar surface area (TPSA) is 136 Å². The Balaban J connectivity index is 0.000000699. The minimum absolute atomic E-state index is 0.0453. The van der Waals surface area contributed by atoms with Gasteiger partial charge in [-0.3, -0.25) is 4.79 Å². The Kier molecular flexibility index (Phi) is 21.2. The molecule has 2 aromatic rings. The van der Waals surface area contributed by atoms with Crippen LogP contribution >= 0.6 is 0 Å². The Morgan fingerprint density at radius 2 is 1.16 bits per heavy atom. The Bertz CT molecular complexity index is 1150. The summed E-state index contributed by atoms with van der Waals surface area (Å²) in [6.45, 7) is 3.30. The van der Waals surface area contributed by atoms with Crippen LogP contribution in [0.3, 0.4) is 0 Å². The molecule has 7 N–H and O–H groups in total. The second kappa shape index (κ2) is 24.6. The maximum atomic E-state index is 11.9. The highest BCUT2D eigenvalue weighted by molar-refractivity contribution is 5.75. The van der Waals surface area contributed by atoms with Crippen molar-refractivity contribution in [2.75, 3.05) is 13.1 Å². The van der Waals surface area contributed by atoms with Crippen molar-refractivity contribution in [2.24, 2.45) is 5.73 Å². The van der Waals surface area contributed by atoms with Crippen molar-refractivity contribution in [3.63, 3.8) is 0 Å². The molecule has 0 heterocycles. The maximum absolute atomic E-state index is 11.9. The molecule has 43 heavy (non-hydrogen) atoms. The molecule has 0 aliphatic carbocycles. The standard InChI is InChI=1S/C28H41NO3.C8H11NO2/c1-2-3-4-5-6-7-8-9-10-11-12-13-14-15-16-17-18-19-28(32)29-23-22-25-20-21-26(30)27(31)24-25;9-4-3-6-1-2-7(10)8(11)5-6/h6-7,9-10,12-13,15-16,20-21,24,30-31H,2-5,8,11,14,17-19,22-23H2,1H3,(H,29,32);1-2,5,10-11H,3-4,9H2/b7-6-,10-9-,13-12-,16-15-;. The van der Waals surface area contributed by atoms with E-state index in [1.54, 1.807) is 12.1 Å². The van der Waals surface area contributed by atoms with Crippen molar-refractivity contribution in [1.82, 2.24) is 5.32 Å². The Morgan fingerprint density at radius 3 is 1.65 bits per heavy atom. The molecule has 0 aromatic heterocycles. The number of aromatic hydroxyl groups is 4. The van der Waals surface area contributed by atoms with Crippen molar-refractivity contribution in [1.29, 1.82) is 0 Å². The zero-order valence-electron chi connectivity index (χ0n) is 25.8. The van der Waals surface area contributed by atoms with Gasteiger partial charge in [-0.1, -0.05) is 80.5 Å². The number of phenols is 4. The summed E-state index contributed by atoms with van der Waals surface area (Å²) in [7, 11) is 0. The van der Waals surface area contributed by atoms with Crippen molar-refractivity contribution in [2.45, 2.75) is 84.0 Å². The lowest BCUT2D eigenvalue weighted by atomic mass is 10.1. The van der Waals surface area contributed by atoms with Crippen molar-refractivity contribution in [3.05, 3.63) is 96.1 Å². The monoisotopic (exact) mass is 592 g/mol. The average Bonchev–Trinajstić information content (AvgIpc) is 2.99. The molecular formula is C36H52N2O5. The van der Waals surface area contributed by atoms with Crippen molar-refractivity contribution in [3.8, 4) is 23.0 Å². The fourth-order valence-corrected chi connectivity index (χ4v) is 3.99. The van der Waals surface area contributed by atoms with E-state index in [1.165, 1.54) is 49.9 Å². The Hall–Kier alpha value is -3.97. The third-order valence-corrected chi connectivity index (χ3v) is 6.48. The third kappa shape index (κ3) is 19.7. The van der Waals surface area contributed by atoms with Gasteiger partial charge < -0.3 is 31.5 Å². The quantitative estimate of drug-likeness (QED) is 0.0568. The van der Waals surface area contributed by atoms with E-state index in [1.807, 2.05) is 0 Å². The molecular weight excluding hydrogens is 540 g/mol. The summed E-state index contributed by atoms with van der Waals surface area (Å²) in [5, 5.41) is 39.6. The molecule has 0 aliphatic rings. The summed E-state index contributed by atoms with van der Waals surface area (Å²) in [4.78, 5) is 11.9. The van der Waals surface area contributed by atoms with Gasteiger partial charge in [0.25, 0.3) is 0 Å². The third-order valence-electron chi connectivity index (χ3n) is 6.48. The number of carbonyl (C=O) groups excluding carboxylic acids is 1. The predicted octanol–water partition coefficient (Wildman–Crippen LogP) is 7.50. The van der Waals surface area contributed by atoms with Crippen LogP contribution in [0.5, 0.6) is 23.0 Å². The molecule has 7 heteroatoms. The number of amides is 1. The normalized spacial score (nSPS) is 11.5. The van der Waals surface area contributed by atoms with E-state index in [9.17, 15) is 15.0 Å². The van der Waals surface area contributed by atoms with Crippen LogP contribution in [0, 0.1) is 0 Å². The molecule has 0 saturated carbocycles. The van der Waals surface area contributed by atoms with Crippen LogP contribution < -0.4 is 11.1 Å². The van der Waals surface area contributed by atoms with E-state index in [4.69, 9.17) is 15.9 Å². The lowest BCUT2D eigenvalue weighted by Gasteiger charge is -2.06. The molecule has 0 atom stereocenters. The second-order valence-corrected chi connectivity index (χ2v) is 10.3. The number of carbonyl (C=O) groups is 1. The van der Waals surface area contributed by atoms with Crippen LogP contribution in [0.2, 0.25) is 0 Å². The van der Waals surface area contributed by atoms with Crippen LogP contribution in [-0.4, -0.2) is 39.4 Å². The fraction of sp³-hybridized carbons (Fsp3) is 0.417. The van der Waals surface area contributed by atoms with E-state index in [0.29, 0.717) is 32.4 Å². The zero-order chi connectivity index (χ0) is 31.5. The van der Waals surface area contributed by atoms with Crippen molar-refractivity contribution >= 4 is 5.91 Å². The molecule has 236 valence electrons. The van der Waals surface area contributed by atoms with E-state index in [0.717, 1.165) is 43.2 Å². The van der Waals surface area contributed by atoms with Gasteiger partial charge in [0.05, 0.1) is 0 Å². The molecule has 0 unspecified atom stereocenters. The Labute approximate surface area is 258 Å². The van der Waals surface area contributed by atoms with Gasteiger partial charge in [-0.25, -0.2) is 0 Å². The first-order valence-corrected chi connectivity index (χ1v) is 15.5. The van der Waals surface area contributed by atoms with E-state index < -0.39 is 0 Å². The number of nitrogens with one attached hydrogen (secondary N) is 1. The molecule has 7 nitrogen and oxygen atoms in total.